The highest BCUT2D eigenvalue weighted by atomic mass is 16.6. The van der Waals surface area contributed by atoms with E-state index < -0.39 is 5.97 Å². The first-order chi connectivity index (χ1) is 15.0. The second-order valence-corrected chi connectivity index (χ2v) is 8.35. The minimum Gasteiger partial charge on any atom is -0.460 e. The van der Waals surface area contributed by atoms with Gasteiger partial charge in [0.2, 0.25) is 0 Å². The van der Waals surface area contributed by atoms with Gasteiger partial charge in [-0.2, -0.15) is 0 Å². The van der Waals surface area contributed by atoms with Gasteiger partial charge in [-0.25, -0.2) is 4.79 Å². The van der Waals surface area contributed by atoms with E-state index in [0.717, 1.165) is 31.4 Å². The molecule has 1 atom stereocenters. The Morgan fingerprint density at radius 1 is 1.10 bits per heavy atom. The van der Waals surface area contributed by atoms with Gasteiger partial charge in [-0.1, -0.05) is 37.6 Å². The van der Waals surface area contributed by atoms with Crippen LogP contribution in [0.1, 0.15) is 71.2 Å². The highest BCUT2D eigenvalue weighted by molar-refractivity contribution is 6.17. The van der Waals surface area contributed by atoms with Crippen molar-refractivity contribution in [3.8, 4) is 0 Å². The summed E-state index contributed by atoms with van der Waals surface area (Å²) >= 11 is 0. The summed E-state index contributed by atoms with van der Waals surface area (Å²) in [6.45, 7) is 6.53. The number of hydrogen-bond acceptors (Lipinski definition) is 5. The SMILES string of the molecule is CCCCc1oc2ccc(C(=O)OC(C)C)cc2c1C(=O)c1ccc(CC2CO2)cc1. The molecule has 1 aliphatic rings. The lowest BCUT2D eigenvalue weighted by Gasteiger charge is -2.08. The quantitative estimate of drug-likeness (QED) is 0.259. The molecule has 2 aromatic carbocycles. The second kappa shape index (κ2) is 9.06. The Morgan fingerprint density at radius 2 is 1.81 bits per heavy atom. The van der Waals surface area contributed by atoms with Gasteiger partial charge in [0, 0.05) is 23.8 Å². The van der Waals surface area contributed by atoms with Crippen molar-refractivity contribution in [2.24, 2.45) is 0 Å². The summed E-state index contributed by atoms with van der Waals surface area (Å²) in [5.74, 6) is 0.179. The molecule has 1 saturated heterocycles. The molecule has 1 fully saturated rings. The van der Waals surface area contributed by atoms with Gasteiger partial charge in [-0.05, 0) is 44.0 Å². The number of hydrogen-bond donors (Lipinski definition) is 0. The van der Waals surface area contributed by atoms with Crippen LogP contribution in [0.2, 0.25) is 0 Å². The summed E-state index contributed by atoms with van der Waals surface area (Å²) in [5.41, 5.74) is 3.33. The predicted octanol–water partition coefficient (Wildman–Crippen LogP) is 5.51. The number of carbonyl (C=O) groups is 2. The molecule has 5 nitrogen and oxygen atoms in total. The fourth-order valence-electron chi connectivity index (χ4n) is 3.71. The summed E-state index contributed by atoms with van der Waals surface area (Å²) in [6, 6.07) is 12.8. The van der Waals surface area contributed by atoms with Crippen LogP contribution in [0.15, 0.2) is 46.9 Å². The van der Waals surface area contributed by atoms with Crippen LogP contribution in [-0.2, 0) is 22.3 Å². The molecule has 0 spiro atoms. The van der Waals surface area contributed by atoms with Gasteiger partial charge in [0.25, 0.3) is 0 Å². The topological polar surface area (TPSA) is 69.0 Å². The monoisotopic (exact) mass is 420 g/mol. The standard InChI is InChI=1S/C26H28O5/c1-4-5-6-23-24(25(27)18-9-7-17(8-10-18)13-20-15-29-20)21-14-19(11-12-22(21)31-23)26(28)30-16(2)3/h7-12,14,16,20H,4-6,13,15H2,1-3H3. The zero-order valence-corrected chi connectivity index (χ0v) is 18.3. The van der Waals surface area contributed by atoms with Crippen molar-refractivity contribution in [3.63, 3.8) is 0 Å². The molecule has 162 valence electrons. The van der Waals surface area contributed by atoms with Crippen LogP contribution < -0.4 is 0 Å². The molecule has 1 unspecified atom stereocenters. The molecule has 5 heteroatoms. The highest BCUT2D eigenvalue weighted by Crippen LogP contribution is 2.31. The smallest absolute Gasteiger partial charge is 0.338 e. The van der Waals surface area contributed by atoms with Crippen molar-refractivity contribution < 1.29 is 23.5 Å². The number of ketones is 1. The molecule has 1 aromatic heterocycles. The summed E-state index contributed by atoms with van der Waals surface area (Å²) < 4.78 is 16.7. The third-order valence-electron chi connectivity index (χ3n) is 5.41. The van der Waals surface area contributed by atoms with Gasteiger partial charge in [-0.15, -0.1) is 0 Å². The van der Waals surface area contributed by atoms with Crippen LogP contribution >= 0.6 is 0 Å². The maximum atomic E-state index is 13.5. The number of carbonyl (C=O) groups excluding carboxylic acids is 2. The Bertz CT molecular complexity index is 1090. The fourth-order valence-corrected chi connectivity index (χ4v) is 3.71. The number of esters is 1. The Kier molecular flexibility index (Phi) is 6.23. The predicted molar refractivity (Wildman–Crippen MR) is 119 cm³/mol. The van der Waals surface area contributed by atoms with Crippen LogP contribution in [0.5, 0.6) is 0 Å². The Hall–Kier alpha value is -2.92. The highest BCUT2D eigenvalue weighted by Gasteiger charge is 2.25. The van der Waals surface area contributed by atoms with Gasteiger partial charge in [0.15, 0.2) is 5.78 Å². The molecule has 31 heavy (non-hydrogen) atoms. The lowest BCUT2D eigenvalue weighted by Crippen LogP contribution is -2.11. The van der Waals surface area contributed by atoms with E-state index in [1.54, 1.807) is 18.2 Å². The summed E-state index contributed by atoms with van der Waals surface area (Å²) in [4.78, 5) is 25.9. The summed E-state index contributed by atoms with van der Waals surface area (Å²) in [7, 11) is 0. The number of fused-ring (bicyclic) bond motifs is 1. The lowest BCUT2D eigenvalue weighted by atomic mass is 9.96. The molecule has 0 aliphatic carbocycles. The summed E-state index contributed by atoms with van der Waals surface area (Å²) in [5, 5.41) is 0.657. The minimum atomic E-state index is -0.404. The molecule has 4 rings (SSSR count). The number of ether oxygens (including phenoxy) is 2. The third-order valence-corrected chi connectivity index (χ3v) is 5.41. The maximum Gasteiger partial charge on any atom is 0.338 e. The van der Waals surface area contributed by atoms with Crippen molar-refractivity contribution in [2.45, 2.75) is 58.7 Å². The van der Waals surface area contributed by atoms with E-state index in [-0.39, 0.29) is 11.9 Å². The molecular formula is C26H28O5. The Morgan fingerprint density at radius 3 is 2.45 bits per heavy atom. The normalized spacial score (nSPS) is 15.4. The molecule has 2 heterocycles. The Labute approximate surface area is 182 Å². The molecule has 0 radical (unpaired) electrons. The lowest BCUT2D eigenvalue weighted by molar-refractivity contribution is 0.0378. The second-order valence-electron chi connectivity index (χ2n) is 8.35. The fraction of sp³-hybridized carbons (Fsp3) is 0.385. The van der Waals surface area contributed by atoms with Crippen molar-refractivity contribution in [2.75, 3.05) is 6.61 Å². The molecular weight excluding hydrogens is 392 g/mol. The molecule has 0 amide bonds. The van der Waals surface area contributed by atoms with E-state index in [9.17, 15) is 9.59 Å². The first-order valence-corrected chi connectivity index (χ1v) is 11.0. The van der Waals surface area contributed by atoms with Crippen LogP contribution in [0.25, 0.3) is 11.0 Å². The number of unbranched alkanes of at least 4 members (excludes halogenated alkanes) is 1. The average molecular weight is 421 g/mol. The number of epoxide rings is 1. The van der Waals surface area contributed by atoms with Crippen molar-refractivity contribution in [1.29, 1.82) is 0 Å². The first-order valence-electron chi connectivity index (χ1n) is 11.0. The average Bonchev–Trinajstić information content (AvgIpc) is 3.49. The van der Waals surface area contributed by atoms with Gasteiger partial charge in [-0.3, -0.25) is 4.79 Å². The van der Waals surface area contributed by atoms with Crippen molar-refractivity contribution in [3.05, 3.63) is 70.5 Å². The van der Waals surface area contributed by atoms with Crippen LogP contribution in [0.4, 0.5) is 0 Å². The van der Waals surface area contributed by atoms with E-state index in [1.165, 1.54) is 0 Å². The maximum absolute atomic E-state index is 13.5. The Balaban J connectivity index is 1.71. The van der Waals surface area contributed by atoms with Crippen LogP contribution in [0.3, 0.4) is 0 Å². The van der Waals surface area contributed by atoms with Gasteiger partial charge >= 0.3 is 5.97 Å². The molecule has 0 saturated carbocycles. The zero-order valence-electron chi connectivity index (χ0n) is 18.3. The number of benzene rings is 2. The molecule has 0 bridgehead atoms. The number of furan rings is 1. The third kappa shape index (κ3) is 4.88. The van der Waals surface area contributed by atoms with E-state index in [4.69, 9.17) is 13.9 Å². The minimum absolute atomic E-state index is 0.0894. The largest absolute Gasteiger partial charge is 0.460 e. The van der Waals surface area contributed by atoms with Crippen molar-refractivity contribution in [1.82, 2.24) is 0 Å². The van der Waals surface area contributed by atoms with Gasteiger partial charge in [0.05, 0.1) is 29.9 Å². The van der Waals surface area contributed by atoms with Crippen LogP contribution in [-0.4, -0.2) is 30.6 Å². The molecule has 1 aliphatic heterocycles. The molecule has 3 aromatic rings. The van der Waals surface area contributed by atoms with Gasteiger partial charge in [0.1, 0.15) is 11.3 Å². The van der Waals surface area contributed by atoms with E-state index in [0.29, 0.717) is 45.9 Å². The van der Waals surface area contributed by atoms with Gasteiger partial charge < -0.3 is 13.9 Å². The van der Waals surface area contributed by atoms with Crippen molar-refractivity contribution >= 4 is 22.7 Å². The van der Waals surface area contributed by atoms with Crippen LogP contribution in [0, 0.1) is 0 Å². The number of rotatable bonds is 9. The number of aryl methyl sites for hydroxylation is 1. The first kappa shape index (κ1) is 21.3. The summed E-state index contributed by atoms with van der Waals surface area (Å²) in [6.07, 6.45) is 3.55. The molecule has 0 N–H and O–H groups in total. The van der Waals surface area contributed by atoms with E-state index in [1.807, 2.05) is 38.1 Å². The zero-order chi connectivity index (χ0) is 22.0. The van der Waals surface area contributed by atoms with E-state index >= 15 is 0 Å². The van der Waals surface area contributed by atoms with E-state index in [2.05, 4.69) is 6.92 Å².